The molecule has 0 spiro atoms. The summed E-state index contributed by atoms with van der Waals surface area (Å²) >= 11 is 0. The van der Waals surface area contributed by atoms with Crippen LogP contribution in [0.4, 0.5) is 10.1 Å². The molecule has 0 atom stereocenters. The summed E-state index contributed by atoms with van der Waals surface area (Å²) in [5, 5.41) is 2.54. The molecule has 0 aliphatic carbocycles. The van der Waals surface area contributed by atoms with Crippen LogP contribution in [-0.4, -0.2) is 37.7 Å². The number of nitrogens with one attached hydrogen (secondary N) is 1. The summed E-state index contributed by atoms with van der Waals surface area (Å²) in [6, 6.07) is 3.56. The number of anilines is 1. The minimum atomic E-state index is -0.846. The van der Waals surface area contributed by atoms with E-state index in [2.05, 4.69) is 14.8 Å². The van der Waals surface area contributed by atoms with Crippen LogP contribution in [0.5, 0.6) is 0 Å². The van der Waals surface area contributed by atoms with Gasteiger partial charge in [0.1, 0.15) is 17.1 Å². The Balaban J connectivity index is 3.05. The van der Waals surface area contributed by atoms with E-state index in [4.69, 9.17) is 4.74 Å². The molecule has 8 heteroatoms. The van der Waals surface area contributed by atoms with Crippen LogP contribution >= 0.6 is 0 Å². The molecule has 0 bridgehead atoms. The Bertz CT molecular complexity index is 706. The Kier molecular flexibility index (Phi) is 6.67. The lowest BCUT2D eigenvalue weighted by atomic mass is 10.1. The van der Waals surface area contributed by atoms with Gasteiger partial charge in [-0.2, -0.15) is 0 Å². The summed E-state index contributed by atoms with van der Waals surface area (Å²) in [5.74, 6) is -3.29. The van der Waals surface area contributed by atoms with Gasteiger partial charge in [-0.05, 0) is 39.0 Å². The number of carbonyl (C=O) groups excluding carboxylic acids is 3. The Morgan fingerprint density at radius 3 is 2.24 bits per heavy atom. The fourth-order valence-corrected chi connectivity index (χ4v) is 1.68. The molecule has 0 aromatic heterocycles. The average molecular weight is 353 g/mol. The number of ether oxygens (including phenoxy) is 3. The molecule has 0 radical (unpaired) electrons. The quantitative estimate of drug-likeness (QED) is 0.494. The van der Waals surface area contributed by atoms with Gasteiger partial charge in [-0.25, -0.2) is 18.8 Å². The van der Waals surface area contributed by atoms with Gasteiger partial charge >= 0.3 is 17.9 Å². The molecule has 7 nitrogen and oxygen atoms in total. The van der Waals surface area contributed by atoms with E-state index in [1.807, 2.05) is 0 Å². The number of benzene rings is 1. The summed E-state index contributed by atoms with van der Waals surface area (Å²) in [6.07, 6.45) is 0.867. The molecule has 136 valence electrons. The van der Waals surface area contributed by atoms with Crippen molar-refractivity contribution in [2.45, 2.75) is 26.4 Å². The SMILES string of the molecule is COC(=O)/C=C(/Nc1ccc(C(=O)OC(C)(C)C)c(F)c1)C(=O)OC. The van der Waals surface area contributed by atoms with Gasteiger partial charge in [0.05, 0.1) is 25.9 Å². The van der Waals surface area contributed by atoms with Crippen LogP contribution < -0.4 is 5.32 Å². The number of esters is 3. The van der Waals surface area contributed by atoms with Crippen molar-refractivity contribution in [3.63, 3.8) is 0 Å². The van der Waals surface area contributed by atoms with Crippen molar-refractivity contribution in [1.82, 2.24) is 0 Å². The van der Waals surface area contributed by atoms with Crippen LogP contribution in [0.3, 0.4) is 0 Å². The molecular formula is C17H20FNO6. The fraction of sp³-hybridized carbons (Fsp3) is 0.353. The summed E-state index contributed by atoms with van der Waals surface area (Å²) < 4.78 is 28.2. The molecule has 0 amide bonds. The third-order valence-corrected chi connectivity index (χ3v) is 2.74. The van der Waals surface area contributed by atoms with Gasteiger partial charge in [0.15, 0.2) is 0 Å². The Morgan fingerprint density at radius 2 is 1.76 bits per heavy atom. The predicted octanol–water partition coefficient (Wildman–Crippen LogP) is 2.42. The lowest BCUT2D eigenvalue weighted by Crippen LogP contribution is -2.24. The van der Waals surface area contributed by atoms with Gasteiger partial charge in [-0.15, -0.1) is 0 Å². The third-order valence-electron chi connectivity index (χ3n) is 2.74. The Labute approximate surface area is 144 Å². The van der Waals surface area contributed by atoms with E-state index in [9.17, 15) is 18.8 Å². The van der Waals surface area contributed by atoms with Crippen molar-refractivity contribution in [2.24, 2.45) is 0 Å². The number of halogens is 1. The standard InChI is InChI=1S/C17H20FNO6/c1-17(2,3)25-15(21)11-7-6-10(8-12(11)18)19-13(16(22)24-5)9-14(20)23-4/h6-9,19H,1-5H3/b13-9+. The lowest BCUT2D eigenvalue weighted by molar-refractivity contribution is -0.138. The molecule has 0 saturated carbocycles. The van der Waals surface area contributed by atoms with E-state index in [0.717, 1.165) is 26.4 Å². The van der Waals surface area contributed by atoms with Gasteiger partial charge in [0, 0.05) is 5.69 Å². The normalized spacial score (nSPS) is 11.5. The maximum Gasteiger partial charge on any atom is 0.354 e. The zero-order valence-corrected chi connectivity index (χ0v) is 14.6. The number of rotatable bonds is 5. The molecule has 0 aliphatic rings. The number of hydrogen-bond donors (Lipinski definition) is 1. The van der Waals surface area contributed by atoms with E-state index >= 15 is 0 Å². The van der Waals surface area contributed by atoms with Crippen molar-refractivity contribution in [3.05, 3.63) is 41.4 Å². The minimum Gasteiger partial charge on any atom is -0.466 e. The second-order valence-corrected chi connectivity index (χ2v) is 5.89. The van der Waals surface area contributed by atoms with Crippen LogP contribution in [0.1, 0.15) is 31.1 Å². The molecule has 1 N–H and O–H groups in total. The number of carbonyl (C=O) groups is 3. The highest BCUT2D eigenvalue weighted by molar-refractivity contribution is 5.99. The average Bonchev–Trinajstić information content (AvgIpc) is 2.51. The second kappa shape index (κ2) is 8.27. The second-order valence-electron chi connectivity index (χ2n) is 5.89. The van der Waals surface area contributed by atoms with Gasteiger partial charge in [0.25, 0.3) is 0 Å². The van der Waals surface area contributed by atoms with Crippen LogP contribution in [0, 0.1) is 5.82 Å². The summed E-state index contributed by atoms with van der Waals surface area (Å²) in [6.45, 7) is 5.00. The first-order valence-corrected chi connectivity index (χ1v) is 7.25. The molecule has 0 fully saturated rings. The zero-order valence-electron chi connectivity index (χ0n) is 14.6. The molecule has 0 saturated heterocycles. The minimum absolute atomic E-state index is 0.130. The van der Waals surface area contributed by atoms with Crippen LogP contribution in [0.2, 0.25) is 0 Å². The molecule has 1 aromatic carbocycles. The van der Waals surface area contributed by atoms with Gasteiger partial charge < -0.3 is 19.5 Å². The number of methoxy groups -OCH3 is 2. The van der Waals surface area contributed by atoms with Crippen molar-refractivity contribution in [1.29, 1.82) is 0 Å². The maximum absolute atomic E-state index is 14.2. The van der Waals surface area contributed by atoms with Crippen LogP contribution in [-0.2, 0) is 23.8 Å². The van der Waals surface area contributed by atoms with E-state index in [-0.39, 0.29) is 16.9 Å². The molecule has 0 unspecified atom stereocenters. The Hall–Kier alpha value is -2.90. The first-order valence-electron chi connectivity index (χ1n) is 7.25. The Morgan fingerprint density at radius 1 is 1.12 bits per heavy atom. The number of hydrogen-bond acceptors (Lipinski definition) is 7. The molecular weight excluding hydrogens is 333 g/mol. The highest BCUT2D eigenvalue weighted by atomic mass is 19.1. The molecule has 1 aromatic rings. The largest absolute Gasteiger partial charge is 0.466 e. The zero-order chi connectivity index (χ0) is 19.2. The molecule has 0 heterocycles. The van der Waals surface area contributed by atoms with Gasteiger partial charge in [-0.1, -0.05) is 0 Å². The topological polar surface area (TPSA) is 90.9 Å². The van der Waals surface area contributed by atoms with Gasteiger partial charge in [0.2, 0.25) is 0 Å². The van der Waals surface area contributed by atoms with Crippen molar-refractivity contribution in [2.75, 3.05) is 19.5 Å². The first-order chi connectivity index (χ1) is 11.6. The highest BCUT2D eigenvalue weighted by Crippen LogP contribution is 2.19. The molecule has 0 aliphatic heterocycles. The lowest BCUT2D eigenvalue weighted by Gasteiger charge is -2.19. The molecule has 25 heavy (non-hydrogen) atoms. The van der Waals surface area contributed by atoms with Crippen LogP contribution in [0.25, 0.3) is 0 Å². The first kappa shape index (κ1) is 20.1. The van der Waals surface area contributed by atoms with Crippen molar-refractivity contribution < 1.29 is 33.0 Å². The monoisotopic (exact) mass is 353 g/mol. The van der Waals surface area contributed by atoms with E-state index < -0.39 is 29.3 Å². The van der Waals surface area contributed by atoms with E-state index in [1.54, 1.807) is 20.8 Å². The van der Waals surface area contributed by atoms with E-state index in [0.29, 0.717) is 0 Å². The molecule has 1 rings (SSSR count). The van der Waals surface area contributed by atoms with Crippen LogP contribution in [0.15, 0.2) is 30.0 Å². The maximum atomic E-state index is 14.2. The third kappa shape index (κ3) is 6.25. The van der Waals surface area contributed by atoms with Gasteiger partial charge in [-0.3, -0.25) is 0 Å². The summed E-state index contributed by atoms with van der Waals surface area (Å²) in [4.78, 5) is 34.9. The predicted molar refractivity (Wildman–Crippen MR) is 87.3 cm³/mol. The van der Waals surface area contributed by atoms with Crippen molar-refractivity contribution >= 4 is 23.6 Å². The summed E-state index contributed by atoms with van der Waals surface area (Å²) in [5.41, 5.74) is -1.14. The highest BCUT2D eigenvalue weighted by Gasteiger charge is 2.21. The fourth-order valence-electron chi connectivity index (χ4n) is 1.68. The summed E-state index contributed by atoms with van der Waals surface area (Å²) in [7, 11) is 2.27. The van der Waals surface area contributed by atoms with E-state index in [1.165, 1.54) is 12.1 Å². The van der Waals surface area contributed by atoms with Crippen molar-refractivity contribution in [3.8, 4) is 0 Å². The smallest absolute Gasteiger partial charge is 0.354 e.